The molecule has 2 aromatic rings. The van der Waals surface area contributed by atoms with Gasteiger partial charge in [-0.15, -0.1) is 0 Å². The Bertz CT molecular complexity index is 543. The predicted molar refractivity (Wildman–Crippen MR) is 61.5 cm³/mol. The third-order valence-corrected chi connectivity index (χ3v) is 2.58. The highest BCUT2D eigenvalue weighted by molar-refractivity contribution is 5.94. The van der Waals surface area contributed by atoms with Crippen molar-refractivity contribution in [1.82, 2.24) is 9.97 Å². The summed E-state index contributed by atoms with van der Waals surface area (Å²) in [7, 11) is 1.38. The normalized spacial score (nSPS) is 10.7. The molecule has 0 aliphatic carbocycles. The zero-order valence-corrected chi connectivity index (χ0v) is 9.63. The van der Waals surface area contributed by atoms with Crippen LogP contribution in [0.4, 0.5) is 0 Å². The minimum Gasteiger partial charge on any atom is -0.465 e. The number of nitrogens with zero attached hydrogens (tertiary/aromatic N) is 1. The van der Waals surface area contributed by atoms with Crippen LogP contribution in [0, 0.1) is 6.92 Å². The Balaban J connectivity index is 2.61. The molecule has 0 amide bonds. The Hall–Kier alpha value is -1.84. The molecule has 0 atom stereocenters. The summed E-state index contributed by atoms with van der Waals surface area (Å²) in [4.78, 5) is 19.1. The van der Waals surface area contributed by atoms with Crippen LogP contribution >= 0.6 is 0 Å². The summed E-state index contributed by atoms with van der Waals surface area (Å²) in [6.45, 7) is 3.98. The van der Waals surface area contributed by atoms with Crippen LogP contribution in [0.15, 0.2) is 12.1 Å². The highest BCUT2D eigenvalue weighted by atomic mass is 16.5. The van der Waals surface area contributed by atoms with Crippen molar-refractivity contribution >= 4 is 17.0 Å². The number of aryl methyl sites for hydroxylation is 2. The lowest BCUT2D eigenvalue weighted by molar-refractivity contribution is 0.0601. The highest BCUT2D eigenvalue weighted by Crippen LogP contribution is 2.19. The van der Waals surface area contributed by atoms with Crippen LogP contribution in [0.3, 0.4) is 0 Å². The van der Waals surface area contributed by atoms with Gasteiger partial charge in [0.15, 0.2) is 0 Å². The van der Waals surface area contributed by atoms with Crippen molar-refractivity contribution in [1.29, 1.82) is 0 Å². The van der Waals surface area contributed by atoms with E-state index in [1.165, 1.54) is 7.11 Å². The average molecular weight is 218 g/mol. The molecule has 1 aromatic heterocycles. The topological polar surface area (TPSA) is 55.0 Å². The Morgan fingerprint density at radius 2 is 2.25 bits per heavy atom. The quantitative estimate of drug-likeness (QED) is 0.786. The molecule has 4 nitrogen and oxygen atoms in total. The number of aromatic amines is 1. The molecule has 1 aromatic carbocycles. The van der Waals surface area contributed by atoms with Gasteiger partial charge in [-0.3, -0.25) is 0 Å². The zero-order chi connectivity index (χ0) is 11.7. The molecule has 84 valence electrons. The number of H-pyrrole nitrogens is 1. The third-order valence-electron chi connectivity index (χ3n) is 2.58. The van der Waals surface area contributed by atoms with Gasteiger partial charge in [0.05, 0.1) is 23.7 Å². The molecule has 1 N–H and O–H groups in total. The lowest BCUT2D eigenvalue weighted by Gasteiger charge is -2.01. The number of methoxy groups -OCH3 is 1. The minimum absolute atomic E-state index is 0.322. The SMILES string of the molecule is CCc1nc2c(C)cc(C(=O)OC)cc2[nH]1. The number of hydrogen-bond acceptors (Lipinski definition) is 3. The van der Waals surface area contributed by atoms with Crippen molar-refractivity contribution in [3.05, 3.63) is 29.1 Å². The molecular weight excluding hydrogens is 204 g/mol. The number of carbonyl (C=O) groups excluding carboxylic acids is 1. The maximum Gasteiger partial charge on any atom is 0.337 e. The first-order chi connectivity index (χ1) is 7.65. The molecule has 2 rings (SSSR count). The second-order valence-electron chi connectivity index (χ2n) is 3.72. The summed E-state index contributed by atoms with van der Waals surface area (Å²) >= 11 is 0. The van der Waals surface area contributed by atoms with Gasteiger partial charge in [0.25, 0.3) is 0 Å². The van der Waals surface area contributed by atoms with Gasteiger partial charge in [-0.2, -0.15) is 0 Å². The van der Waals surface area contributed by atoms with Gasteiger partial charge in [0.2, 0.25) is 0 Å². The number of ether oxygens (including phenoxy) is 1. The second-order valence-corrected chi connectivity index (χ2v) is 3.72. The lowest BCUT2D eigenvalue weighted by atomic mass is 10.1. The van der Waals surface area contributed by atoms with Crippen LogP contribution < -0.4 is 0 Å². The number of rotatable bonds is 2. The Kier molecular flexibility index (Phi) is 2.64. The van der Waals surface area contributed by atoms with Gasteiger partial charge in [0.1, 0.15) is 5.82 Å². The number of imidazole rings is 1. The molecule has 0 bridgehead atoms. The average Bonchev–Trinajstić information content (AvgIpc) is 2.71. The number of benzene rings is 1. The van der Waals surface area contributed by atoms with E-state index >= 15 is 0 Å². The summed E-state index contributed by atoms with van der Waals surface area (Å²) in [5.41, 5.74) is 3.34. The third kappa shape index (κ3) is 1.66. The van der Waals surface area contributed by atoms with Crippen LogP contribution in [0.1, 0.15) is 28.7 Å². The first-order valence-electron chi connectivity index (χ1n) is 5.23. The van der Waals surface area contributed by atoms with Gasteiger partial charge in [-0.25, -0.2) is 9.78 Å². The van der Waals surface area contributed by atoms with E-state index in [2.05, 4.69) is 9.97 Å². The largest absolute Gasteiger partial charge is 0.465 e. The predicted octanol–water partition coefficient (Wildman–Crippen LogP) is 2.22. The van der Waals surface area contributed by atoms with E-state index in [-0.39, 0.29) is 5.97 Å². The van der Waals surface area contributed by atoms with E-state index in [1.54, 1.807) is 12.1 Å². The molecule has 0 saturated carbocycles. The van der Waals surface area contributed by atoms with Crippen molar-refractivity contribution < 1.29 is 9.53 Å². The van der Waals surface area contributed by atoms with E-state index in [0.29, 0.717) is 5.56 Å². The smallest absolute Gasteiger partial charge is 0.337 e. The highest BCUT2D eigenvalue weighted by Gasteiger charge is 2.11. The number of carbonyl (C=O) groups is 1. The van der Waals surface area contributed by atoms with Crippen molar-refractivity contribution in [2.45, 2.75) is 20.3 Å². The van der Waals surface area contributed by atoms with Gasteiger partial charge in [-0.1, -0.05) is 6.92 Å². The maximum absolute atomic E-state index is 11.4. The molecule has 0 aliphatic rings. The molecule has 0 radical (unpaired) electrons. The minimum atomic E-state index is -0.322. The standard InChI is InChI=1S/C12H14N2O2/c1-4-10-13-9-6-8(12(15)16-3)5-7(2)11(9)14-10/h5-6H,4H2,1-3H3,(H,13,14). The van der Waals surface area contributed by atoms with E-state index < -0.39 is 0 Å². The Labute approximate surface area is 93.6 Å². The van der Waals surface area contributed by atoms with E-state index in [1.807, 2.05) is 13.8 Å². The van der Waals surface area contributed by atoms with E-state index in [0.717, 1.165) is 28.8 Å². The summed E-state index contributed by atoms with van der Waals surface area (Å²) in [6, 6.07) is 3.58. The summed E-state index contributed by atoms with van der Waals surface area (Å²) in [6.07, 6.45) is 0.849. The molecule has 16 heavy (non-hydrogen) atoms. The molecule has 0 fully saturated rings. The van der Waals surface area contributed by atoms with Crippen molar-refractivity contribution in [3.63, 3.8) is 0 Å². The van der Waals surface area contributed by atoms with Crippen LogP contribution in [0.25, 0.3) is 11.0 Å². The summed E-state index contributed by atoms with van der Waals surface area (Å²) < 4.78 is 4.70. The number of fused-ring (bicyclic) bond motifs is 1. The summed E-state index contributed by atoms with van der Waals surface area (Å²) in [5, 5.41) is 0. The van der Waals surface area contributed by atoms with Crippen molar-refractivity contribution in [3.8, 4) is 0 Å². The Morgan fingerprint density at radius 3 is 2.88 bits per heavy atom. The first kappa shape index (κ1) is 10.7. The van der Waals surface area contributed by atoms with Crippen LogP contribution in [0.2, 0.25) is 0 Å². The number of nitrogens with one attached hydrogen (secondary N) is 1. The van der Waals surface area contributed by atoms with Gasteiger partial charge in [0, 0.05) is 6.42 Å². The lowest BCUT2D eigenvalue weighted by Crippen LogP contribution is -2.01. The van der Waals surface area contributed by atoms with Gasteiger partial charge >= 0.3 is 5.97 Å². The molecular formula is C12H14N2O2. The maximum atomic E-state index is 11.4. The van der Waals surface area contributed by atoms with Gasteiger partial charge in [-0.05, 0) is 24.6 Å². The summed E-state index contributed by atoms with van der Waals surface area (Å²) in [5.74, 6) is 0.609. The Morgan fingerprint density at radius 1 is 1.50 bits per heavy atom. The van der Waals surface area contributed by atoms with Crippen LogP contribution in [0.5, 0.6) is 0 Å². The van der Waals surface area contributed by atoms with Crippen molar-refractivity contribution in [2.24, 2.45) is 0 Å². The van der Waals surface area contributed by atoms with Crippen LogP contribution in [-0.2, 0) is 11.2 Å². The molecule has 0 aliphatic heterocycles. The fraction of sp³-hybridized carbons (Fsp3) is 0.333. The van der Waals surface area contributed by atoms with E-state index in [9.17, 15) is 4.79 Å². The molecule has 0 saturated heterocycles. The molecule has 1 heterocycles. The fourth-order valence-electron chi connectivity index (χ4n) is 1.74. The number of aromatic nitrogens is 2. The monoisotopic (exact) mass is 218 g/mol. The fourth-order valence-corrected chi connectivity index (χ4v) is 1.74. The molecule has 4 heteroatoms. The molecule has 0 spiro atoms. The van der Waals surface area contributed by atoms with Crippen molar-refractivity contribution in [2.75, 3.05) is 7.11 Å². The number of hydrogen-bond donors (Lipinski definition) is 1. The van der Waals surface area contributed by atoms with Crippen LogP contribution in [-0.4, -0.2) is 23.0 Å². The number of esters is 1. The van der Waals surface area contributed by atoms with E-state index in [4.69, 9.17) is 4.74 Å². The first-order valence-corrected chi connectivity index (χ1v) is 5.23. The second kappa shape index (κ2) is 3.96. The zero-order valence-electron chi connectivity index (χ0n) is 9.63. The van der Waals surface area contributed by atoms with Gasteiger partial charge < -0.3 is 9.72 Å². The molecule has 0 unspecified atom stereocenters.